The number of halogens is 2. The Balaban J connectivity index is 2.42. The summed E-state index contributed by atoms with van der Waals surface area (Å²) in [5.74, 6) is -0.377. The van der Waals surface area contributed by atoms with Gasteiger partial charge >= 0.3 is 6.43 Å². The zero-order valence-electron chi connectivity index (χ0n) is 9.22. The van der Waals surface area contributed by atoms with Gasteiger partial charge in [0, 0.05) is 13.1 Å². The molecule has 1 fully saturated rings. The van der Waals surface area contributed by atoms with E-state index >= 15 is 0 Å². The number of nitrogens with zero attached hydrogens (tertiary/aromatic N) is 1. The predicted molar refractivity (Wildman–Crippen MR) is 54.8 cm³/mol. The van der Waals surface area contributed by atoms with Crippen LogP contribution in [-0.4, -0.2) is 30.3 Å². The van der Waals surface area contributed by atoms with Crippen LogP contribution in [0.25, 0.3) is 0 Å². The van der Waals surface area contributed by atoms with Crippen LogP contribution in [0.15, 0.2) is 0 Å². The van der Waals surface area contributed by atoms with Crippen molar-refractivity contribution in [1.82, 2.24) is 4.90 Å². The third kappa shape index (κ3) is 3.76. The largest absolute Gasteiger partial charge is 0.338 e. The molecule has 88 valence electrons. The second kappa shape index (κ2) is 6.03. The summed E-state index contributed by atoms with van der Waals surface area (Å²) in [4.78, 5) is 12.4. The summed E-state index contributed by atoms with van der Waals surface area (Å²) in [7, 11) is 0. The summed E-state index contributed by atoms with van der Waals surface area (Å²) in [5, 5.41) is 0. The van der Waals surface area contributed by atoms with E-state index in [2.05, 4.69) is 6.92 Å². The monoisotopic (exact) mass is 219 g/mol. The normalized spacial score (nSPS) is 22.9. The Hall–Kier alpha value is -0.670. The van der Waals surface area contributed by atoms with E-state index in [0.717, 1.165) is 32.1 Å². The van der Waals surface area contributed by atoms with Crippen molar-refractivity contribution in [3.8, 4) is 0 Å². The van der Waals surface area contributed by atoms with E-state index in [1.54, 1.807) is 0 Å². The quantitative estimate of drug-likeness (QED) is 0.714. The molecule has 15 heavy (non-hydrogen) atoms. The van der Waals surface area contributed by atoms with Gasteiger partial charge in [0.25, 0.3) is 5.91 Å². The zero-order chi connectivity index (χ0) is 11.3. The molecule has 1 unspecified atom stereocenters. The molecule has 1 atom stereocenters. The highest BCUT2D eigenvalue weighted by molar-refractivity contribution is 5.79. The molecule has 0 radical (unpaired) electrons. The van der Waals surface area contributed by atoms with E-state index in [4.69, 9.17) is 0 Å². The first-order valence-corrected chi connectivity index (χ1v) is 5.72. The molecule has 1 aliphatic heterocycles. The molecule has 2 nitrogen and oxygen atoms in total. The average Bonchev–Trinajstić information content (AvgIpc) is 2.43. The number of alkyl halides is 2. The van der Waals surface area contributed by atoms with E-state index in [1.807, 2.05) is 0 Å². The highest BCUT2D eigenvalue weighted by Gasteiger charge is 2.25. The molecule has 1 aliphatic rings. The fourth-order valence-electron chi connectivity index (χ4n) is 2.22. The molecular formula is C11H19F2NO. The minimum Gasteiger partial charge on any atom is -0.338 e. The summed E-state index contributed by atoms with van der Waals surface area (Å²) in [6.07, 6.45) is 2.26. The highest BCUT2D eigenvalue weighted by atomic mass is 19.3. The first kappa shape index (κ1) is 12.4. The van der Waals surface area contributed by atoms with Gasteiger partial charge in [-0.05, 0) is 25.2 Å². The third-order valence-corrected chi connectivity index (χ3v) is 3.04. The fourth-order valence-corrected chi connectivity index (χ4v) is 2.22. The summed E-state index contributed by atoms with van der Waals surface area (Å²) in [6.45, 7) is 3.14. The van der Waals surface area contributed by atoms with Gasteiger partial charge in [0.05, 0.1) is 0 Å². The smallest absolute Gasteiger partial charge is 0.315 e. The van der Waals surface area contributed by atoms with Gasteiger partial charge in [0.2, 0.25) is 0 Å². The lowest BCUT2D eigenvalue weighted by Gasteiger charge is -2.19. The van der Waals surface area contributed by atoms with Crippen LogP contribution in [0.2, 0.25) is 0 Å². The Morgan fingerprint density at radius 3 is 2.73 bits per heavy atom. The van der Waals surface area contributed by atoms with Crippen molar-refractivity contribution in [2.45, 2.75) is 45.5 Å². The van der Waals surface area contributed by atoms with Crippen LogP contribution < -0.4 is 0 Å². The van der Waals surface area contributed by atoms with Gasteiger partial charge in [-0.2, -0.15) is 8.78 Å². The van der Waals surface area contributed by atoms with Crippen LogP contribution >= 0.6 is 0 Å². The lowest BCUT2D eigenvalue weighted by atomic mass is 9.96. The summed E-state index contributed by atoms with van der Waals surface area (Å²) in [6, 6.07) is 0. The molecule has 0 aromatic carbocycles. The van der Waals surface area contributed by atoms with Crippen molar-refractivity contribution in [1.29, 1.82) is 0 Å². The molecular weight excluding hydrogens is 200 g/mol. The highest BCUT2D eigenvalue weighted by Crippen LogP contribution is 2.22. The summed E-state index contributed by atoms with van der Waals surface area (Å²) in [5.41, 5.74) is 0. The third-order valence-electron chi connectivity index (χ3n) is 3.04. The molecule has 1 heterocycles. The van der Waals surface area contributed by atoms with Gasteiger partial charge < -0.3 is 4.90 Å². The Labute approximate surface area is 89.6 Å². The minimum atomic E-state index is -2.84. The van der Waals surface area contributed by atoms with E-state index < -0.39 is 12.3 Å². The maximum Gasteiger partial charge on any atom is 0.315 e. The molecule has 0 aromatic heterocycles. The van der Waals surface area contributed by atoms with E-state index in [9.17, 15) is 13.6 Å². The fraction of sp³-hybridized carbons (Fsp3) is 0.909. The second-order valence-electron chi connectivity index (χ2n) is 4.21. The van der Waals surface area contributed by atoms with Gasteiger partial charge in [-0.15, -0.1) is 0 Å². The number of hydrogen-bond donors (Lipinski definition) is 0. The van der Waals surface area contributed by atoms with E-state index in [1.165, 1.54) is 4.90 Å². The molecule has 0 aromatic rings. The van der Waals surface area contributed by atoms with Crippen LogP contribution in [0.4, 0.5) is 8.78 Å². The van der Waals surface area contributed by atoms with Gasteiger partial charge in [-0.3, -0.25) is 4.79 Å². The van der Waals surface area contributed by atoms with Crippen molar-refractivity contribution < 1.29 is 13.6 Å². The first-order chi connectivity index (χ1) is 7.15. The molecule has 0 saturated carbocycles. The van der Waals surface area contributed by atoms with Crippen LogP contribution in [0.1, 0.15) is 39.0 Å². The Kier molecular flexibility index (Phi) is 4.99. The number of likely N-dealkylation sites (tertiary alicyclic amines) is 1. The number of carbonyl (C=O) groups is 1. The molecule has 4 heteroatoms. The molecule has 0 bridgehead atoms. The Morgan fingerprint density at radius 1 is 1.40 bits per heavy atom. The molecule has 1 saturated heterocycles. The first-order valence-electron chi connectivity index (χ1n) is 5.72. The second-order valence-corrected chi connectivity index (χ2v) is 4.21. The van der Waals surface area contributed by atoms with Gasteiger partial charge in [0.15, 0.2) is 0 Å². The van der Waals surface area contributed by atoms with Gasteiger partial charge in [0.1, 0.15) is 0 Å². The van der Waals surface area contributed by atoms with Crippen molar-refractivity contribution >= 4 is 5.91 Å². The Morgan fingerprint density at radius 2 is 2.13 bits per heavy atom. The number of amides is 1. The maximum absolute atomic E-state index is 12.2. The van der Waals surface area contributed by atoms with Gasteiger partial charge in [-0.25, -0.2) is 0 Å². The van der Waals surface area contributed by atoms with E-state index in [0.29, 0.717) is 19.0 Å². The van der Waals surface area contributed by atoms with Crippen molar-refractivity contribution in [3.63, 3.8) is 0 Å². The van der Waals surface area contributed by atoms with Gasteiger partial charge in [-0.1, -0.05) is 19.8 Å². The Bertz CT molecular complexity index is 209. The topological polar surface area (TPSA) is 20.3 Å². The SMILES string of the molecule is CCCC1CCCN(C(=O)C(F)F)CC1. The number of hydrogen-bond acceptors (Lipinski definition) is 1. The average molecular weight is 219 g/mol. The lowest BCUT2D eigenvalue weighted by Crippen LogP contribution is -2.36. The van der Waals surface area contributed by atoms with Crippen molar-refractivity contribution in [3.05, 3.63) is 0 Å². The van der Waals surface area contributed by atoms with Crippen LogP contribution in [0.3, 0.4) is 0 Å². The van der Waals surface area contributed by atoms with Crippen molar-refractivity contribution in [2.75, 3.05) is 13.1 Å². The molecule has 1 amide bonds. The number of rotatable bonds is 3. The van der Waals surface area contributed by atoms with Crippen LogP contribution in [0, 0.1) is 5.92 Å². The summed E-state index contributed by atoms with van der Waals surface area (Å²) >= 11 is 0. The predicted octanol–water partition coefficient (Wildman–Crippen LogP) is 2.68. The van der Waals surface area contributed by atoms with Crippen LogP contribution in [-0.2, 0) is 4.79 Å². The number of carbonyl (C=O) groups excluding carboxylic acids is 1. The standard InChI is InChI=1S/C11H19F2NO/c1-2-4-9-5-3-7-14(8-6-9)11(15)10(12)13/h9-10H,2-8H2,1H3. The zero-order valence-corrected chi connectivity index (χ0v) is 9.22. The van der Waals surface area contributed by atoms with Crippen molar-refractivity contribution in [2.24, 2.45) is 5.92 Å². The van der Waals surface area contributed by atoms with Crippen LogP contribution in [0.5, 0.6) is 0 Å². The lowest BCUT2D eigenvalue weighted by molar-refractivity contribution is -0.142. The van der Waals surface area contributed by atoms with E-state index in [-0.39, 0.29) is 0 Å². The molecule has 0 aliphatic carbocycles. The molecule has 0 spiro atoms. The minimum absolute atomic E-state index is 0.503. The summed E-state index contributed by atoms with van der Waals surface area (Å²) < 4.78 is 24.4. The molecule has 0 N–H and O–H groups in total. The molecule has 1 rings (SSSR count). The maximum atomic E-state index is 12.2.